The highest BCUT2D eigenvalue weighted by Gasteiger charge is 2.13. The molecule has 2 nitrogen and oxygen atoms in total. The Morgan fingerprint density at radius 2 is 1.27 bits per heavy atom. The summed E-state index contributed by atoms with van der Waals surface area (Å²) in [5, 5.41) is 0. The van der Waals surface area contributed by atoms with Crippen LogP contribution in [0.1, 0.15) is 124 Å². The largest absolute Gasteiger partial charge is 0.428 e. The van der Waals surface area contributed by atoms with Crippen LogP contribution in [0.25, 0.3) is 0 Å². The number of hydrogen-bond acceptors (Lipinski definition) is 2. The molecule has 0 aromatic heterocycles. The van der Waals surface area contributed by atoms with Gasteiger partial charge in [0.2, 0.25) is 6.36 Å². The third-order valence-corrected chi connectivity index (χ3v) is 4.85. The minimum Gasteiger partial charge on any atom is -0.428 e. The van der Waals surface area contributed by atoms with Crippen LogP contribution in [0.4, 0.5) is 4.39 Å². The van der Waals surface area contributed by atoms with E-state index in [0.717, 1.165) is 38.5 Å². The van der Waals surface area contributed by atoms with Crippen LogP contribution in [0.3, 0.4) is 0 Å². The van der Waals surface area contributed by atoms with Gasteiger partial charge >= 0.3 is 5.97 Å². The number of hydrogen-bond donors (Lipinski definition) is 0. The van der Waals surface area contributed by atoms with E-state index in [2.05, 4.69) is 13.8 Å². The summed E-state index contributed by atoms with van der Waals surface area (Å²) in [6, 6.07) is 0. The fourth-order valence-corrected chi connectivity index (χ4v) is 3.03. The zero-order chi connectivity index (χ0) is 19.5. The van der Waals surface area contributed by atoms with E-state index in [4.69, 9.17) is 4.74 Å². The van der Waals surface area contributed by atoms with Crippen molar-refractivity contribution in [3.8, 4) is 0 Å². The number of rotatable bonds is 18. The van der Waals surface area contributed by atoms with Gasteiger partial charge in [-0.2, -0.15) is 0 Å². The second kappa shape index (κ2) is 18.9. The van der Waals surface area contributed by atoms with Crippen LogP contribution in [0, 0.1) is 0 Å². The maximum atomic E-state index is 13.6. The Morgan fingerprint density at radius 3 is 1.81 bits per heavy atom. The van der Waals surface area contributed by atoms with Gasteiger partial charge in [0, 0.05) is 12.0 Å². The fourth-order valence-electron chi connectivity index (χ4n) is 3.03. The molecule has 1 unspecified atom stereocenters. The molecule has 0 aliphatic carbocycles. The molecule has 0 spiro atoms. The second-order valence-electron chi connectivity index (χ2n) is 7.52. The van der Waals surface area contributed by atoms with Gasteiger partial charge in [-0.3, -0.25) is 0 Å². The number of ether oxygens (including phenoxy) is 1. The van der Waals surface area contributed by atoms with Crippen molar-refractivity contribution in [2.75, 3.05) is 0 Å². The van der Waals surface area contributed by atoms with E-state index >= 15 is 0 Å². The van der Waals surface area contributed by atoms with Crippen molar-refractivity contribution in [1.29, 1.82) is 0 Å². The van der Waals surface area contributed by atoms with Gasteiger partial charge < -0.3 is 4.74 Å². The molecule has 154 valence electrons. The SMILES string of the molecule is CCCCCCCCCCCC/C=C(\C)C(=O)OC(F)CCCCCC. The molecule has 0 amide bonds. The van der Waals surface area contributed by atoms with Gasteiger partial charge in [-0.15, -0.1) is 0 Å². The summed E-state index contributed by atoms with van der Waals surface area (Å²) in [5.74, 6) is -0.500. The molecular weight excluding hydrogens is 327 g/mol. The van der Waals surface area contributed by atoms with E-state index in [1.165, 1.54) is 57.8 Å². The van der Waals surface area contributed by atoms with Crippen LogP contribution in [0.2, 0.25) is 0 Å². The molecule has 0 saturated carbocycles. The molecule has 0 radical (unpaired) electrons. The van der Waals surface area contributed by atoms with Crippen molar-refractivity contribution in [2.24, 2.45) is 0 Å². The highest BCUT2D eigenvalue weighted by molar-refractivity contribution is 5.87. The lowest BCUT2D eigenvalue weighted by Crippen LogP contribution is -2.14. The summed E-state index contributed by atoms with van der Waals surface area (Å²) in [5.41, 5.74) is 0.539. The molecule has 0 bridgehead atoms. The number of unbranched alkanes of at least 4 members (excludes halogenated alkanes) is 13. The Bertz CT molecular complexity index is 352. The smallest absolute Gasteiger partial charge is 0.335 e. The number of alkyl halides is 1. The van der Waals surface area contributed by atoms with Gasteiger partial charge in [0.05, 0.1) is 0 Å². The monoisotopic (exact) mass is 370 g/mol. The van der Waals surface area contributed by atoms with Crippen LogP contribution in [-0.2, 0) is 9.53 Å². The minimum atomic E-state index is -1.46. The molecule has 0 aliphatic rings. The molecule has 0 heterocycles. The first kappa shape index (κ1) is 25.1. The summed E-state index contributed by atoms with van der Waals surface area (Å²) in [7, 11) is 0. The molecule has 3 heteroatoms. The molecule has 0 aromatic carbocycles. The first-order valence-corrected chi connectivity index (χ1v) is 11.1. The lowest BCUT2D eigenvalue weighted by Gasteiger charge is -2.10. The van der Waals surface area contributed by atoms with Crippen molar-refractivity contribution in [2.45, 2.75) is 130 Å². The highest BCUT2D eigenvalue weighted by Crippen LogP contribution is 2.14. The van der Waals surface area contributed by atoms with E-state index in [-0.39, 0.29) is 0 Å². The number of halogens is 1. The Kier molecular flexibility index (Phi) is 18.3. The van der Waals surface area contributed by atoms with E-state index < -0.39 is 12.3 Å². The average molecular weight is 371 g/mol. The first-order valence-electron chi connectivity index (χ1n) is 11.1. The van der Waals surface area contributed by atoms with Crippen molar-refractivity contribution in [1.82, 2.24) is 0 Å². The summed E-state index contributed by atoms with van der Waals surface area (Å²) >= 11 is 0. The molecule has 0 fully saturated rings. The van der Waals surface area contributed by atoms with Crippen molar-refractivity contribution in [3.63, 3.8) is 0 Å². The molecule has 0 rings (SSSR count). The maximum Gasteiger partial charge on any atom is 0.335 e. The minimum absolute atomic E-state index is 0.317. The second-order valence-corrected chi connectivity index (χ2v) is 7.52. The van der Waals surface area contributed by atoms with Gasteiger partial charge in [-0.25, -0.2) is 9.18 Å². The molecule has 0 saturated heterocycles. The molecule has 1 atom stereocenters. The first-order chi connectivity index (χ1) is 12.6. The molecular formula is C23H43FO2. The van der Waals surface area contributed by atoms with Crippen LogP contribution in [0.5, 0.6) is 0 Å². The van der Waals surface area contributed by atoms with Crippen LogP contribution in [-0.4, -0.2) is 12.3 Å². The zero-order valence-electron chi connectivity index (χ0n) is 17.7. The average Bonchev–Trinajstić information content (AvgIpc) is 2.63. The summed E-state index contributed by atoms with van der Waals surface area (Å²) in [6.07, 6.45) is 18.7. The van der Waals surface area contributed by atoms with Gasteiger partial charge in [-0.05, 0) is 26.2 Å². The summed E-state index contributed by atoms with van der Waals surface area (Å²) in [6.45, 7) is 6.10. The van der Waals surface area contributed by atoms with E-state index in [9.17, 15) is 9.18 Å². The molecule has 26 heavy (non-hydrogen) atoms. The normalized spacial score (nSPS) is 13.0. The third kappa shape index (κ3) is 16.6. The quantitative estimate of drug-likeness (QED) is 0.138. The van der Waals surface area contributed by atoms with E-state index in [0.29, 0.717) is 12.0 Å². The van der Waals surface area contributed by atoms with Crippen molar-refractivity contribution >= 4 is 5.97 Å². The molecule has 0 aromatic rings. The molecule has 0 aliphatic heterocycles. The Hall–Kier alpha value is -0.860. The standard InChI is InChI=1S/C23H43FO2/c1-4-6-8-10-11-12-13-14-15-16-17-19-21(3)23(25)26-22(24)20-18-9-7-5-2/h19,22H,4-18,20H2,1-3H3/b21-19+. The number of carbonyl (C=O) groups is 1. The fraction of sp³-hybridized carbons (Fsp3) is 0.870. The van der Waals surface area contributed by atoms with E-state index in [1.54, 1.807) is 6.92 Å². The van der Waals surface area contributed by atoms with Gasteiger partial charge in [-0.1, -0.05) is 97.0 Å². The summed E-state index contributed by atoms with van der Waals surface area (Å²) < 4.78 is 18.5. The number of esters is 1. The number of carbonyl (C=O) groups excluding carboxylic acids is 1. The van der Waals surface area contributed by atoms with Crippen molar-refractivity contribution in [3.05, 3.63) is 11.6 Å². The van der Waals surface area contributed by atoms with E-state index in [1.807, 2.05) is 6.08 Å². The van der Waals surface area contributed by atoms with Crippen molar-refractivity contribution < 1.29 is 13.9 Å². The van der Waals surface area contributed by atoms with Crippen LogP contribution in [0.15, 0.2) is 11.6 Å². The summed E-state index contributed by atoms with van der Waals surface area (Å²) in [4.78, 5) is 11.8. The Balaban J connectivity index is 3.59. The van der Waals surface area contributed by atoms with Gasteiger partial charge in [0.25, 0.3) is 0 Å². The maximum absolute atomic E-state index is 13.6. The van der Waals surface area contributed by atoms with Crippen LogP contribution < -0.4 is 0 Å². The highest BCUT2D eigenvalue weighted by atomic mass is 19.1. The predicted molar refractivity (Wildman–Crippen MR) is 110 cm³/mol. The van der Waals surface area contributed by atoms with Gasteiger partial charge in [0.1, 0.15) is 0 Å². The Morgan fingerprint density at radius 1 is 0.808 bits per heavy atom. The predicted octanol–water partition coefficient (Wildman–Crippen LogP) is 8.05. The lowest BCUT2D eigenvalue weighted by molar-refractivity contribution is -0.153. The Labute approximate surface area is 162 Å². The third-order valence-electron chi connectivity index (χ3n) is 4.85. The zero-order valence-corrected chi connectivity index (χ0v) is 17.7. The molecule has 0 N–H and O–H groups in total. The van der Waals surface area contributed by atoms with Crippen LogP contribution >= 0.6 is 0 Å². The number of allylic oxidation sites excluding steroid dienone is 1. The van der Waals surface area contributed by atoms with Gasteiger partial charge in [0.15, 0.2) is 0 Å². The lowest BCUT2D eigenvalue weighted by atomic mass is 10.1. The topological polar surface area (TPSA) is 26.3 Å².